The molecule has 1 fully saturated rings. The molecule has 0 bridgehead atoms. The highest BCUT2D eigenvalue weighted by atomic mass is 79.9. The molecule has 3 nitrogen and oxygen atoms in total. The highest BCUT2D eigenvalue weighted by Gasteiger charge is 2.25. The molecular weight excluding hydrogens is 342 g/mol. The Kier molecular flexibility index (Phi) is 4.90. The zero-order valence-electron chi connectivity index (χ0n) is 12.2. The van der Waals surface area contributed by atoms with Crippen molar-refractivity contribution in [1.29, 1.82) is 0 Å². The number of hydrogen-bond acceptors (Lipinski definition) is 3. The molecular formula is C18H18BrNO2. The third-order valence-electron chi connectivity index (χ3n) is 3.86. The molecule has 0 amide bonds. The minimum atomic E-state index is -0.131. The summed E-state index contributed by atoms with van der Waals surface area (Å²) in [6.07, 6.45) is 1.21. The van der Waals surface area contributed by atoms with Gasteiger partial charge in [0.25, 0.3) is 0 Å². The molecule has 114 valence electrons. The molecule has 2 aromatic rings. The number of halogens is 1. The maximum atomic E-state index is 11.8. The smallest absolute Gasteiger partial charge is 0.307 e. The molecule has 0 unspecified atom stereocenters. The number of esters is 1. The maximum absolute atomic E-state index is 11.8. The van der Waals surface area contributed by atoms with Crippen LogP contribution in [0, 0.1) is 0 Å². The molecule has 1 aliphatic heterocycles. The van der Waals surface area contributed by atoms with E-state index in [2.05, 4.69) is 45.5 Å². The lowest BCUT2D eigenvalue weighted by Gasteiger charge is -2.21. The second-order valence-corrected chi connectivity index (χ2v) is 6.46. The van der Waals surface area contributed by atoms with Crippen LogP contribution in [0.25, 0.3) is 0 Å². The number of ether oxygens (including phenoxy) is 1. The van der Waals surface area contributed by atoms with Crippen molar-refractivity contribution in [2.75, 3.05) is 6.61 Å². The molecule has 1 saturated heterocycles. The summed E-state index contributed by atoms with van der Waals surface area (Å²) in [5, 5.41) is 3.57. The number of cyclic esters (lactones) is 1. The summed E-state index contributed by atoms with van der Waals surface area (Å²) in [5.41, 5.74) is 2.36. The lowest BCUT2D eigenvalue weighted by Crippen LogP contribution is -2.34. The highest BCUT2D eigenvalue weighted by Crippen LogP contribution is 2.20. The zero-order chi connectivity index (χ0) is 15.4. The van der Waals surface area contributed by atoms with Gasteiger partial charge in [0.2, 0.25) is 0 Å². The molecule has 0 saturated carbocycles. The van der Waals surface area contributed by atoms with Crippen molar-refractivity contribution in [3.05, 3.63) is 70.2 Å². The van der Waals surface area contributed by atoms with Crippen molar-refractivity contribution < 1.29 is 9.53 Å². The fourth-order valence-electron chi connectivity index (χ4n) is 2.74. The Morgan fingerprint density at radius 3 is 2.55 bits per heavy atom. The Balaban J connectivity index is 1.74. The molecule has 1 N–H and O–H groups in total. The van der Waals surface area contributed by atoms with E-state index in [1.165, 1.54) is 5.56 Å². The summed E-state index contributed by atoms with van der Waals surface area (Å²) in [4.78, 5) is 11.8. The highest BCUT2D eigenvalue weighted by molar-refractivity contribution is 9.10. The van der Waals surface area contributed by atoms with Gasteiger partial charge < -0.3 is 10.1 Å². The van der Waals surface area contributed by atoms with E-state index in [1.807, 2.05) is 30.3 Å². The van der Waals surface area contributed by atoms with Gasteiger partial charge in [-0.25, -0.2) is 0 Å². The SMILES string of the molecule is O=C1C[C@@H](Cc2ccc(Br)cc2)N[C@@H](c2ccccc2)CO1. The quantitative estimate of drug-likeness (QED) is 0.850. The topological polar surface area (TPSA) is 38.3 Å². The lowest BCUT2D eigenvalue weighted by molar-refractivity contribution is -0.143. The fourth-order valence-corrected chi connectivity index (χ4v) is 3.01. The summed E-state index contributed by atoms with van der Waals surface area (Å²) < 4.78 is 6.41. The maximum Gasteiger partial charge on any atom is 0.307 e. The second kappa shape index (κ2) is 7.07. The Labute approximate surface area is 138 Å². The molecule has 0 spiro atoms. The van der Waals surface area contributed by atoms with Crippen LogP contribution in [-0.4, -0.2) is 18.6 Å². The number of benzene rings is 2. The largest absolute Gasteiger partial charge is 0.464 e. The third kappa shape index (κ3) is 3.96. The van der Waals surface area contributed by atoms with Crippen LogP contribution >= 0.6 is 15.9 Å². The summed E-state index contributed by atoms with van der Waals surface area (Å²) in [5.74, 6) is -0.131. The molecule has 0 aromatic heterocycles. The van der Waals surface area contributed by atoms with Gasteiger partial charge in [0.15, 0.2) is 0 Å². The fraction of sp³-hybridized carbons (Fsp3) is 0.278. The summed E-state index contributed by atoms with van der Waals surface area (Å²) in [7, 11) is 0. The first-order chi connectivity index (χ1) is 10.7. The van der Waals surface area contributed by atoms with Crippen molar-refractivity contribution in [2.24, 2.45) is 0 Å². The van der Waals surface area contributed by atoms with Gasteiger partial charge >= 0.3 is 5.97 Å². The van der Waals surface area contributed by atoms with E-state index in [0.717, 1.165) is 16.5 Å². The Morgan fingerprint density at radius 2 is 1.82 bits per heavy atom. The third-order valence-corrected chi connectivity index (χ3v) is 4.39. The molecule has 22 heavy (non-hydrogen) atoms. The first kappa shape index (κ1) is 15.3. The van der Waals surface area contributed by atoms with Crippen LogP contribution in [0.3, 0.4) is 0 Å². The van der Waals surface area contributed by atoms with Gasteiger partial charge in [0.1, 0.15) is 6.61 Å². The van der Waals surface area contributed by atoms with Crippen molar-refractivity contribution in [3.8, 4) is 0 Å². The van der Waals surface area contributed by atoms with Crippen LogP contribution in [0.4, 0.5) is 0 Å². The molecule has 4 heteroatoms. The minimum absolute atomic E-state index is 0.0492. The first-order valence-electron chi connectivity index (χ1n) is 7.42. The standard InChI is InChI=1S/C18H18BrNO2/c19-15-8-6-13(7-9-15)10-16-11-18(21)22-12-17(20-16)14-4-2-1-3-5-14/h1-9,16-17,20H,10-12H2/t16-,17-/m1/s1. The summed E-state index contributed by atoms with van der Waals surface area (Å²) in [6.45, 7) is 0.389. The van der Waals surface area contributed by atoms with E-state index >= 15 is 0 Å². The van der Waals surface area contributed by atoms with Crippen molar-refractivity contribution in [2.45, 2.75) is 24.9 Å². The number of carbonyl (C=O) groups is 1. The van der Waals surface area contributed by atoms with Gasteiger partial charge in [-0.05, 0) is 29.7 Å². The van der Waals surface area contributed by atoms with Crippen molar-refractivity contribution in [1.82, 2.24) is 5.32 Å². The second-order valence-electron chi connectivity index (χ2n) is 5.54. The number of carbonyl (C=O) groups excluding carboxylic acids is 1. The Hall–Kier alpha value is -1.65. The van der Waals surface area contributed by atoms with E-state index in [-0.39, 0.29) is 18.1 Å². The van der Waals surface area contributed by atoms with Crippen LogP contribution in [0.2, 0.25) is 0 Å². The summed E-state index contributed by atoms with van der Waals surface area (Å²) in [6, 6.07) is 18.5. The monoisotopic (exact) mass is 359 g/mol. The average molecular weight is 360 g/mol. The van der Waals surface area contributed by atoms with E-state index in [0.29, 0.717) is 13.0 Å². The van der Waals surface area contributed by atoms with Crippen LogP contribution in [0.5, 0.6) is 0 Å². The molecule has 2 aromatic carbocycles. The first-order valence-corrected chi connectivity index (χ1v) is 8.21. The predicted octanol–water partition coefficient (Wildman–Crippen LogP) is 3.64. The number of hydrogen-bond donors (Lipinski definition) is 1. The zero-order valence-corrected chi connectivity index (χ0v) is 13.8. The van der Waals surface area contributed by atoms with E-state index in [1.54, 1.807) is 0 Å². The van der Waals surface area contributed by atoms with Crippen molar-refractivity contribution >= 4 is 21.9 Å². The van der Waals surface area contributed by atoms with Gasteiger partial charge in [0, 0.05) is 10.5 Å². The normalized spacial score (nSPS) is 22.0. The molecule has 0 radical (unpaired) electrons. The predicted molar refractivity (Wildman–Crippen MR) is 89.5 cm³/mol. The lowest BCUT2D eigenvalue weighted by atomic mass is 10.0. The van der Waals surface area contributed by atoms with Crippen LogP contribution in [0.1, 0.15) is 23.6 Å². The van der Waals surface area contributed by atoms with E-state index < -0.39 is 0 Å². The van der Waals surface area contributed by atoms with E-state index in [9.17, 15) is 4.79 Å². The summed E-state index contributed by atoms with van der Waals surface area (Å²) >= 11 is 3.44. The average Bonchev–Trinajstić information content (AvgIpc) is 2.72. The number of rotatable bonds is 3. The minimum Gasteiger partial charge on any atom is -0.464 e. The van der Waals surface area contributed by atoms with Crippen LogP contribution in [0.15, 0.2) is 59.1 Å². The molecule has 3 rings (SSSR count). The van der Waals surface area contributed by atoms with E-state index in [4.69, 9.17) is 4.74 Å². The van der Waals surface area contributed by atoms with Gasteiger partial charge in [-0.2, -0.15) is 0 Å². The molecule has 2 atom stereocenters. The van der Waals surface area contributed by atoms with Crippen LogP contribution in [-0.2, 0) is 16.0 Å². The number of nitrogens with one attached hydrogen (secondary N) is 1. The van der Waals surface area contributed by atoms with Gasteiger partial charge in [0.05, 0.1) is 12.5 Å². The van der Waals surface area contributed by atoms with Gasteiger partial charge in [-0.1, -0.05) is 58.4 Å². The Bertz CT molecular complexity index is 627. The molecule has 1 aliphatic rings. The Morgan fingerprint density at radius 1 is 1.09 bits per heavy atom. The van der Waals surface area contributed by atoms with Crippen LogP contribution < -0.4 is 5.32 Å². The van der Waals surface area contributed by atoms with Gasteiger partial charge in [-0.15, -0.1) is 0 Å². The molecule has 1 heterocycles. The van der Waals surface area contributed by atoms with Crippen molar-refractivity contribution in [3.63, 3.8) is 0 Å². The van der Waals surface area contributed by atoms with Gasteiger partial charge in [-0.3, -0.25) is 4.79 Å². The molecule has 0 aliphatic carbocycles.